The minimum absolute atomic E-state index is 0.0323. The zero-order valence-corrected chi connectivity index (χ0v) is 18.0. The lowest BCUT2D eigenvalue weighted by Gasteiger charge is -2.12. The van der Waals surface area contributed by atoms with E-state index >= 15 is 0 Å². The van der Waals surface area contributed by atoms with Crippen molar-refractivity contribution in [2.45, 2.75) is 6.18 Å². The Hall–Kier alpha value is -3.60. The quantitative estimate of drug-likeness (QED) is 0.414. The fourth-order valence-electron chi connectivity index (χ4n) is 2.62. The molecule has 3 aromatic rings. The fraction of sp³-hybridized carbons (Fsp3) is 0.0952. The third-order valence-corrected chi connectivity index (χ3v) is 4.46. The van der Waals surface area contributed by atoms with Crippen LogP contribution in [0, 0.1) is 0 Å². The Bertz CT molecular complexity index is 1160. The van der Waals surface area contributed by atoms with E-state index in [0.717, 1.165) is 12.1 Å². The molecule has 32 heavy (non-hydrogen) atoms. The van der Waals surface area contributed by atoms with E-state index in [1.807, 2.05) is 0 Å². The molecule has 0 aliphatic carbocycles. The first-order chi connectivity index (χ1) is 15.1. The molecule has 2 aromatic carbocycles. The molecule has 0 saturated heterocycles. The van der Waals surface area contributed by atoms with Crippen LogP contribution in [-0.2, 0) is 6.18 Å². The molecule has 3 amide bonds. The lowest BCUT2D eigenvalue weighted by atomic mass is 10.2. The van der Waals surface area contributed by atoms with Crippen LogP contribution >= 0.6 is 15.9 Å². The first-order valence-electron chi connectivity index (χ1n) is 9.06. The number of alkyl halides is 3. The number of ether oxygens (including phenoxy) is 1. The predicted molar refractivity (Wildman–Crippen MR) is 116 cm³/mol. The predicted octanol–water partition coefficient (Wildman–Crippen LogP) is 5.66. The number of halogens is 4. The van der Waals surface area contributed by atoms with Crippen molar-refractivity contribution in [1.82, 2.24) is 10.3 Å². The number of hydrogen-bond donors (Lipinski definition) is 3. The standard InChI is InChI=1S/C21H16BrF3N4O3/c1-26-19(30)18-11-17(5-6-27-18)32-16-4-2-3-14(10-16)28-20(31)29-15-8-12(21(23,24)25)7-13(22)9-15/h2-11H,1H3,(H,26,30)(H2,28,29,31). The Kier molecular flexibility index (Phi) is 6.98. The molecule has 7 nitrogen and oxygen atoms in total. The van der Waals surface area contributed by atoms with E-state index in [-0.39, 0.29) is 21.8 Å². The third-order valence-electron chi connectivity index (χ3n) is 4.00. The highest BCUT2D eigenvalue weighted by Gasteiger charge is 2.31. The largest absolute Gasteiger partial charge is 0.457 e. The zero-order chi connectivity index (χ0) is 23.3. The van der Waals surface area contributed by atoms with Crippen molar-refractivity contribution in [3.63, 3.8) is 0 Å². The summed E-state index contributed by atoms with van der Waals surface area (Å²) in [6.07, 6.45) is -3.13. The van der Waals surface area contributed by atoms with Crippen molar-refractivity contribution in [3.8, 4) is 11.5 Å². The van der Waals surface area contributed by atoms with Gasteiger partial charge in [0.15, 0.2) is 0 Å². The van der Waals surface area contributed by atoms with Gasteiger partial charge in [0.25, 0.3) is 5.91 Å². The van der Waals surface area contributed by atoms with E-state index in [2.05, 4.69) is 36.9 Å². The number of rotatable bonds is 5. The molecule has 1 aromatic heterocycles. The van der Waals surface area contributed by atoms with Crippen LogP contribution in [0.3, 0.4) is 0 Å². The number of urea groups is 1. The van der Waals surface area contributed by atoms with Crippen LogP contribution in [0.2, 0.25) is 0 Å². The normalized spacial score (nSPS) is 10.9. The molecule has 0 spiro atoms. The highest BCUT2D eigenvalue weighted by atomic mass is 79.9. The first kappa shape index (κ1) is 23.1. The molecule has 0 fully saturated rings. The molecule has 3 N–H and O–H groups in total. The van der Waals surface area contributed by atoms with Crippen molar-refractivity contribution in [2.75, 3.05) is 17.7 Å². The molecule has 0 aliphatic heterocycles. The maximum atomic E-state index is 13.0. The van der Waals surface area contributed by atoms with Crippen LogP contribution in [0.15, 0.2) is 65.3 Å². The topological polar surface area (TPSA) is 92.4 Å². The Morgan fingerprint density at radius 1 is 0.969 bits per heavy atom. The summed E-state index contributed by atoms with van der Waals surface area (Å²) in [4.78, 5) is 27.9. The minimum Gasteiger partial charge on any atom is -0.457 e. The average Bonchev–Trinajstić information content (AvgIpc) is 2.72. The summed E-state index contributed by atoms with van der Waals surface area (Å²) in [5.41, 5.74) is -0.418. The molecule has 0 aliphatic rings. The molecule has 0 unspecified atom stereocenters. The number of anilines is 2. The Morgan fingerprint density at radius 3 is 2.41 bits per heavy atom. The molecular formula is C21H16BrF3N4O3. The summed E-state index contributed by atoms with van der Waals surface area (Å²) < 4.78 is 44.7. The number of amides is 3. The minimum atomic E-state index is -4.55. The van der Waals surface area contributed by atoms with Gasteiger partial charge in [-0.25, -0.2) is 4.79 Å². The van der Waals surface area contributed by atoms with Crippen molar-refractivity contribution in [2.24, 2.45) is 0 Å². The van der Waals surface area contributed by atoms with Gasteiger partial charge in [-0.2, -0.15) is 13.2 Å². The van der Waals surface area contributed by atoms with Crippen LogP contribution < -0.4 is 20.7 Å². The van der Waals surface area contributed by atoms with E-state index in [1.54, 1.807) is 24.3 Å². The number of benzene rings is 2. The Morgan fingerprint density at radius 2 is 1.69 bits per heavy atom. The van der Waals surface area contributed by atoms with Crippen molar-refractivity contribution < 1.29 is 27.5 Å². The molecular weight excluding hydrogens is 493 g/mol. The molecule has 11 heteroatoms. The van der Waals surface area contributed by atoms with Crippen LogP contribution in [0.1, 0.15) is 16.1 Å². The van der Waals surface area contributed by atoms with Gasteiger partial charge in [-0.05, 0) is 36.4 Å². The van der Waals surface area contributed by atoms with Gasteiger partial charge in [0.1, 0.15) is 17.2 Å². The lowest BCUT2D eigenvalue weighted by Crippen LogP contribution is -2.20. The highest BCUT2D eigenvalue weighted by molar-refractivity contribution is 9.10. The van der Waals surface area contributed by atoms with Crippen molar-refractivity contribution >= 4 is 39.2 Å². The van der Waals surface area contributed by atoms with Crippen LogP contribution in [0.5, 0.6) is 11.5 Å². The summed E-state index contributed by atoms with van der Waals surface area (Å²) in [6, 6.07) is 11.7. The van der Waals surface area contributed by atoms with Gasteiger partial charge in [-0.15, -0.1) is 0 Å². The highest BCUT2D eigenvalue weighted by Crippen LogP contribution is 2.33. The lowest BCUT2D eigenvalue weighted by molar-refractivity contribution is -0.137. The van der Waals surface area contributed by atoms with Gasteiger partial charge in [0.05, 0.1) is 5.56 Å². The van der Waals surface area contributed by atoms with E-state index in [0.29, 0.717) is 17.2 Å². The number of hydrogen-bond acceptors (Lipinski definition) is 4. The molecule has 0 atom stereocenters. The van der Waals surface area contributed by atoms with Gasteiger partial charge >= 0.3 is 12.2 Å². The summed E-state index contributed by atoms with van der Waals surface area (Å²) in [5.74, 6) is 0.344. The average molecular weight is 509 g/mol. The number of aromatic nitrogens is 1. The van der Waals surface area contributed by atoms with E-state index in [1.165, 1.54) is 31.4 Å². The summed E-state index contributed by atoms with van der Waals surface area (Å²) in [5, 5.41) is 7.36. The molecule has 0 radical (unpaired) electrons. The zero-order valence-electron chi connectivity index (χ0n) is 16.5. The molecule has 3 rings (SSSR count). The first-order valence-corrected chi connectivity index (χ1v) is 9.85. The summed E-state index contributed by atoms with van der Waals surface area (Å²) in [7, 11) is 1.48. The molecule has 0 bridgehead atoms. The molecule has 1 heterocycles. The second-order valence-electron chi connectivity index (χ2n) is 6.39. The number of carbonyl (C=O) groups is 2. The van der Waals surface area contributed by atoms with E-state index in [9.17, 15) is 22.8 Å². The van der Waals surface area contributed by atoms with Crippen molar-refractivity contribution in [1.29, 1.82) is 0 Å². The number of nitrogens with zero attached hydrogens (tertiary/aromatic N) is 1. The SMILES string of the molecule is CNC(=O)c1cc(Oc2cccc(NC(=O)Nc3cc(Br)cc(C(F)(F)F)c3)c2)ccn1. The maximum Gasteiger partial charge on any atom is 0.416 e. The number of nitrogens with one attached hydrogen (secondary N) is 3. The summed E-state index contributed by atoms with van der Waals surface area (Å²) >= 11 is 3.00. The van der Waals surface area contributed by atoms with Gasteiger partial charge in [0.2, 0.25) is 0 Å². The molecule has 0 saturated carbocycles. The van der Waals surface area contributed by atoms with Gasteiger partial charge in [0, 0.05) is 41.2 Å². The van der Waals surface area contributed by atoms with Crippen LogP contribution in [0.25, 0.3) is 0 Å². The van der Waals surface area contributed by atoms with Gasteiger partial charge in [-0.1, -0.05) is 22.0 Å². The van der Waals surface area contributed by atoms with Gasteiger partial charge in [-0.3, -0.25) is 9.78 Å². The van der Waals surface area contributed by atoms with Crippen LogP contribution in [-0.4, -0.2) is 24.0 Å². The Labute approximate surface area is 189 Å². The third kappa shape index (κ3) is 6.20. The Balaban J connectivity index is 1.69. The maximum absolute atomic E-state index is 13.0. The van der Waals surface area contributed by atoms with E-state index < -0.39 is 17.8 Å². The van der Waals surface area contributed by atoms with Gasteiger partial charge < -0.3 is 20.7 Å². The second-order valence-corrected chi connectivity index (χ2v) is 7.31. The number of carbonyl (C=O) groups excluding carboxylic acids is 2. The fourth-order valence-corrected chi connectivity index (χ4v) is 3.11. The van der Waals surface area contributed by atoms with Crippen LogP contribution in [0.4, 0.5) is 29.3 Å². The van der Waals surface area contributed by atoms with E-state index in [4.69, 9.17) is 4.74 Å². The monoisotopic (exact) mass is 508 g/mol. The number of pyridine rings is 1. The van der Waals surface area contributed by atoms with Crippen molar-refractivity contribution in [3.05, 3.63) is 76.5 Å². The molecule has 166 valence electrons. The summed E-state index contributed by atoms with van der Waals surface area (Å²) in [6.45, 7) is 0. The smallest absolute Gasteiger partial charge is 0.416 e. The second kappa shape index (κ2) is 9.69.